The van der Waals surface area contributed by atoms with Crippen molar-refractivity contribution >= 4 is 5.91 Å². The highest BCUT2D eigenvalue weighted by molar-refractivity contribution is 5.96. The van der Waals surface area contributed by atoms with Gasteiger partial charge in [0.15, 0.2) is 6.10 Å². The number of aromatic nitrogens is 2. The molecule has 0 saturated carbocycles. The number of ether oxygens (including phenoxy) is 1. The average molecular weight is 421 g/mol. The summed E-state index contributed by atoms with van der Waals surface area (Å²) in [6.45, 7) is 0.699. The van der Waals surface area contributed by atoms with Crippen molar-refractivity contribution in [3.05, 3.63) is 65.5 Å². The van der Waals surface area contributed by atoms with Gasteiger partial charge in [0.25, 0.3) is 5.91 Å². The third kappa shape index (κ3) is 4.95. The van der Waals surface area contributed by atoms with E-state index in [4.69, 9.17) is 14.4 Å². The number of carbonyl (C=O) groups is 1. The maximum atomic E-state index is 12.4. The van der Waals surface area contributed by atoms with Crippen LogP contribution in [0.25, 0.3) is 11.3 Å². The summed E-state index contributed by atoms with van der Waals surface area (Å²) in [4.78, 5) is 16.3. The van der Waals surface area contributed by atoms with Gasteiger partial charge in [-0.2, -0.15) is 13.2 Å². The van der Waals surface area contributed by atoms with Crippen LogP contribution in [0.5, 0.6) is 5.88 Å². The number of aliphatic hydroxyl groups excluding tert-OH is 1. The highest BCUT2D eigenvalue weighted by Crippen LogP contribution is 2.27. The molecular formula is C20H18F3N3O4. The maximum Gasteiger partial charge on any atom is 0.416 e. The lowest BCUT2D eigenvalue weighted by Crippen LogP contribution is -2.40. The fourth-order valence-electron chi connectivity index (χ4n) is 2.60. The summed E-state index contributed by atoms with van der Waals surface area (Å²) in [6, 6.07) is 12.1. The van der Waals surface area contributed by atoms with E-state index in [1.54, 1.807) is 6.92 Å². The molecule has 0 aliphatic heterocycles. The second kappa shape index (κ2) is 8.95. The fraction of sp³-hybridized carbons (Fsp3) is 0.250. The molecule has 0 radical (unpaired) electrons. The Morgan fingerprint density at radius 1 is 1.23 bits per heavy atom. The minimum Gasteiger partial charge on any atom is -0.472 e. The molecule has 30 heavy (non-hydrogen) atoms. The van der Waals surface area contributed by atoms with Crippen LogP contribution in [0.15, 0.2) is 53.2 Å². The zero-order valence-corrected chi connectivity index (χ0v) is 15.8. The minimum absolute atomic E-state index is 0.0258. The molecular weight excluding hydrogens is 403 g/mol. The minimum atomic E-state index is -4.83. The molecule has 3 aromatic rings. The SMILES string of the molecule is Cc1onc(-c2ccccc2)c1COc1ncccc1C(=O)NCC(O)C(F)(F)F. The lowest BCUT2D eigenvalue weighted by Gasteiger charge is -2.15. The predicted octanol–water partition coefficient (Wildman–Crippen LogP) is 3.28. The highest BCUT2D eigenvalue weighted by atomic mass is 19.4. The number of hydrogen-bond donors (Lipinski definition) is 2. The van der Waals surface area contributed by atoms with Gasteiger partial charge in [-0.3, -0.25) is 4.79 Å². The number of amides is 1. The topological polar surface area (TPSA) is 97.5 Å². The van der Waals surface area contributed by atoms with Gasteiger partial charge in [-0.15, -0.1) is 0 Å². The molecule has 0 fully saturated rings. The Labute approximate surface area is 169 Å². The zero-order valence-electron chi connectivity index (χ0n) is 15.8. The second-order valence-corrected chi connectivity index (χ2v) is 6.34. The lowest BCUT2D eigenvalue weighted by atomic mass is 10.1. The Morgan fingerprint density at radius 3 is 2.67 bits per heavy atom. The molecule has 1 amide bonds. The van der Waals surface area contributed by atoms with E-state index >= 15 is 0 Å². The van der Waals surface area contributed by atoms with E-state index in [-0.39, 0.29) is 18.1 Å². The first-order valence-electron chi connectivity index (χ1n) is 8.88. The molecule has 2 heterocycles. The zero-order chi connectivity index (χ0) is 21.7. The van der Waals surface area contributed by atoms with E-state index in [2.05, 4.69) is 10.1 Å². The largest absolute Gasteiger partial charge is 0.472 e. The third-order valence-electron chi connectivity index (χ3n) is 4.23. The Kier molecular flexibility index (Phi) is 6.36. The van der Waals surface area contributed by atoms with E-state index in [9.17, 15) is 18.0 Å². The number of benzene rings is 1. The van der Waals surface area contributed by atoms with Crippen molar-refractivity contribution in [1.29, 1.82) is 0 Å². The van der Waals surface area contributed by atoms with Crippen molar-refractivity contribution in [1.82, 2.24) is 15.5 Å². The van der Waals surface area contributed by atoms with Crippen molar-refractivity contribution in [3.8, 4) is 17.1 Å². The number of alkyl halides is 3. The van der Waals surface area contributed by atoms with Crippen molar-refractivity contribution < 1.29 is 32.3 Å². The predicted molar refractivity (Wildman–Crippen MR) is 99.6 cm³/mol. The summed E-state index contributed by atoms with van der Waals surface area (Å²) >= 11 is 0. The number of nitrogens with zero attached hydrogens (tertiary/aromatic N) is 2. The van der Waals surface area contributed by atoms with E-state index in [0.717, 1.165) is 5.56 Å². The smallest absolute Gasteiger partial charge is 0.416 e. The highest BCUT2D eigenvalue weighted by Gasteiger charge is 2.38. The summed E-state index contributed by atoms with van der Waals surface area (Å²) in [5.74, 6) is -0.410. The number of rotatable bonds is 7. The Morgan fingerprint density at radius 2 is 1.97 bits per heavy atom. The van der Waals surface area contributed by atoms with E-state index in [1.165, 1.54) is 18.3 Å². The molecule has 2 aromatic heterocycles. The van der Waals surface area contributed by atoms with Gasteiger partial charge in [-0.25, -0.2) is 4.98 Å². The van der Waals surface area contributed by atoms with Crippen LogP contribution in [0.3, 0.4) is 0 Å². The van der Waals surface area contributed by atoms with Gasteiger partial charge < -0.3 is 19.7 Å². The van der Waals surface area contributed by atoms with Crippen molar-refractivity contribution in [2.75, 3.05) is 6.54 Å². The van der Waals surface area contributed by atoms with Crippen LogP contribution < -0.4 is 10.1 Å². The Hall–Kier alpha value is -3.40. The quantitative estimate of drug-likeness (QED) is 0.608. The van der Waals surface area contributed by atoms with Gasteiger partial charge in [-0.05, 0) is 19.1 Å². The van der Waals surface area contributed by atoms with Crippen LogP contribution in [0.2, 0.25) is 0 Å². The molecule has 7 nitrogen and oxygen atoms in total. The molecule has 1 aromatic carbocycles. The molecule has 10 heteroatoms. The fourth-order valence-corrected chi connectivity index (χ4v) is 2.60. The second-order valence-electron chi connectivity index (χ2n) is 6.34. The molecule has 0 bridgehead atoms. The number of aryl methyl sites for hydroxylation is 1. The summed E-state index contributed by atoms with van der Waals surface area (Å²) in [5.41, 5.74) is 1.96. The molecule has 3 rings (SSSR count). The third-order valence-corrected chi connectivity index (χ3v) is 4.23. The van der Waals surface area contributed by atoms with Gasteiger partial charge in [-0.1, -0.05) is 35.5 Å². The van der Waals surface area contributed by atoms with Gasteiger partial charge >= 0.3 is 6.18 Å². The maximum absolute atomic E-state index is 12.4. The number of pyridine rings is 1. The van der Waals surface area contributed by atoms with Crippen LogP contribution in [0.4, 0.5) is 13.2 Å². The van der Waals surface area contributed by atoms with Crippen LogP contribution in [-0.2, 0) is 6.61 Å². The molecule has 2 N–H and O–H groups in total. The van der Waals surface area contributed by atoms with E-state index in [0.29, 0.717) is 17.0 Å². The normalized spacial score (nSPS) is 12.4. The van der Waals surface area contributed by atoms with Crippen molar-refractivity contribution in [2.24, 2.45) is 0 Å². The number of carbonyl (C=O) groups excluding carboxylic acids is 1. The molecule has 158 valence electrons. The summed E-state index contributed by atoms with van der Waals surface area (Å²) in [7, 11) is 0. The van der Waals surface area contributed by atoms with Crippen molar-refractivity contribution in [3.63, 3.8) is 0 Å². The average Bonchev–Trinajstić information content (AvgIpc) is 3.10. The lowest BCUT2D eigenvalue weighted by molar-refractivity contribution is -0.201. The Balaban J connectivity index is 1.74. The number of nitrogens with one attached hydrogen (secondary N) is 1. The molecule has 0 aliphatic rings. The summed E-state index contributed by atoms with van der Waals surface area (Å²) in [5, 5.41) is 15.1. The number of aliphatic hydroxyl groups is 1. The standard InChI is InChI=1S/C20H18F3N3O4/c1-12-15(17(26-30-12)13-6-3-2-4-7-13)11-29-19-14(8-5-9-24-19)18(28)25-10-16(27)20(21,22)23/h2-9,16,27H,10-11H2,1H3,(H,25,28). The Bertz CT molecular complexity index is 1010. The van der Waals surface area contributed by atoms with Crippen LogP contribution >= 0.6 is 0 Å². The molecule has 0 spiro atoms. The first kappa shape index (κ1) is 21.3. The summed E-state index contributed by atoms with van der Waals surface area (Å²) < 4.78 is 48.2. The van der Waals surface area contributed by atoms with Gasteiger partial charge in [0, 0.05) is 11.8 Å². The monoisotopic (exact) mass is 421 g/mol. The van der Waals surface area contributed by atoms with E-state index < -0.39 is 24.7 Å². The first-order valence-corrected chi connectivity index (χ1v) is 8.88. The number of hydrogen-bond acceptors (Lipinski definition) is 6. The van der Waals surface area contributed by atoms with Gasteiger partial charge in [0.05, 0.1) is 12.1 Å². The van der Waals surface area contributed by atoms with Crippen LogP contribution in [-0.4, -0.2) is 40.0 Å². The van der Waals surface area contributed by atoms with Gasteiger partial charge in [0.2, 0.25) is 5.88 Å². The van der Waals surface area contributed by atoms with Gasteiger partial charge in [0.1, 0.15) is 23.6 Å². The first-order chi connectivity index (χ1) is 14.3. The summed E-state index contributed by atoms with van der Waals surface area (Å²) in [6.07, 6.45) is -6.12. The molecule has 1 unspecified atom stereocenters. The van der Waals surface area contributed by atoms with Crippen LogP contribution in [0.1, 0.15) is 21.7 Å². The molecule has 0 aliphatic carbocycles. The van der Waals surface area contributed by atoms with Crippen molar-refractivity contribution in [2.45, 2.75) is 25.8 Å². The molecule has 0 saturated heterocycles. The number of halogens is 3. The molecule has 1 atom stereocenters. The van der Waals surface area contributed by atoms with Crippen LogP contribution in [0, 0.1) is 6.92 Å². The van der Waals surface area contributed by atoms with E-state index in [1.807, 2.05) is 35.6 Å².